The highest BCUT2D eigenvalue weighted by Gasteiger charge is 1.90. The monoisotopic (exact) mass is 147 g/mol. The fourth-order valence-electron chi connectivity index (χ4n) is 0.828. The van der Waals surface area contributed by atoms with Gasteiger partial charge in [-0.15, -0.1) is 0 Å². The van der Waals surface area contributed by atoms with E-state index in [2.05, 4.69) is 10.9 Å². The number of pyridine rings is 1. The number of aromatic nitrogens is 1. The number of aliphatic hydroxyl groups excluding tert-OH is 1. The maximum Gasteiger partial charge on any atom is 0.107 e. The maximum absolute atomic E-state index is 8.21. The molecule has 0 atom stereocenters. The molecule has 1 aromatic rings. The van der Waals surface area contributed by atoms with Crippen molar-refractivity contribution in [3.63, 3.8) is 0 Å². The van der Waals surface area contributed by atoms with Gasteiger partial charge in [-0.25, -0.2) is 0 Å². The minimum atomic E-state index is 0.512. The molecule has 0 aliphatic heterocycles. The quantitative estimate of drug-likeness (QED) is 0.607. The Balaban J connectivity index is 2.76. The van der Waals surface area contributed by atoms with Crippen LogP contribution in [-0.4, -0.2) is 10.1 Å². The molecule has 0 amide bonds. The second-order valence-corrected chi connectivity index (χ2v) is 2.24. The largest absolute Gasteiger partial charge is 0.462 e. The zero-order valence-corrected chi connectivity index (χ0v) is 6.33. The molecule has 2 nitrogen and oxygen atoms in total. The van der Waals surface area contributed by atoms with Crippen molar-refractivity contribution < 1.29 is 5.11 Å². The van der Waals surface area contributed by atoms with Gasteiger partial charge in [-0.1, -0.05) is 12.0 Å². The average Bonchev–Trinajstić information content (AvgIpc) is 2.01. The second kappa shape index (κ2) is 3.62. The van der Waals surface area contributed by atoms with Crippen molar-refractivity contribution in [2.75, 3.05) is 0 Å². The van der Waals surface area contributed by atoms with Gasteiger partial charge in [0.1, 0.15) is 6.11 Å². The van der Waals surface area contributed by atoms with Gasteiger partial charge in [-0.3, -0.25) is 4.98 Å². The van der Waals surface area contributed by atoms with Crippen molar-refractivity contribution in [2.24, 2.45) is 0 Å². The summed E-state index contributed by atoms with van der Waals surface area (Å²) >= 11 is 0. The van der Waals surface area contributed by atoms with Crippen LogP contribution in [-0.2, 0) is 6.42 Å². The van der Waals surface area contributed by atoms with E-state index in [0.29, 0.717) is 6.42 Å². The van der Waals surface area contributed by atoms with Crippen LogP contribution in [0.1, 0.15) is 11.4 Å². The van der Waals surface area contributed by atoms with Crippen LogP contribution in [0, 0.1) is 19.0 Å². The Labute approximate surface area is 65.9 Å². The van der Waals surface area contributed by atoms with Gasteiger partial charge in [0.15, 0.2) is 0 Å². The first-order chi connectivity index (χ1) is 5.33. The zero-order chi connectivity index (χ0) is 8.10. The zero-order valence-electron chi connectivity index (χ0n) is 6.33. The molecular formula is C9H9NO. The first-order valence-electron chi connectivity index (χ1n) is 3.37. The average molecular weight is 147 g/mol. The fraction of sp³-hybridized carbons (Fsp3) is 0.222. The lowest BCUT2D eigenvalue weighted by Gasteiger charge is -1.94. The maximum atomic E-state index is 8.21. The second-order valence-electron chi connectivity index (χ2n) is 2.24. The molecule has 0 unspecified atom stereocenters. The highest BCUT2D eigenvalue weighted by molar-refractivity contribution is 5.14. The van der Waals surface area contributed by atoms with E-state index in [1.807, 2.05) is 31.2 Å². The Kier molecular flexibility index (Phi) is 2.51. The number of aryl methyl sites for hydroxylation is 1. The molecule has 0 saturated carbocycles. The van der Waals surface area contributed by atoms with Crippen LogP contribution in [0.5, 0.6) is 0 Å². The Morgan fingerprint density at radius 1 is 1.55 bits per heavy atom. The summed E-state index contributed by atoms with van der Waals surface area (Å²) in [5.41, 5.74) is 1.87. The summed E-state index contributed by atoms with van der Waals surface area (Å²) in [6, 6.07) is 5.74. The summed E-state index contributed by atoms with van der Waals surface area (Å²) in [5, 5.41) is 8.21. The van der Waals surface area contributed by atoms with Gasteiger partial charge >= 0.3 is 0 Å². The highest BCUT2D eigenvalue weighted by Crippen LogP contribution is 1.97. The van der Waals surface area contributed by atoms with Gasteiger partial charge in [0.2, 0.25) is 0 Å². The molecule has 1 rings (SSSR count). The van der Waals surface area contributed by atoms with Gasteiger partial charge in [0.25, 0.3) is 0 Å². The first-order valence-corrected chi connectivity index (χ1v) is 3.37. The molecule has 0 fully saturated rings. The normalized spacial score (nSPS) is 8.45. The van der Waals surface area contributed by atoms with Crippen LogP contribution in [0.4, 0.5) is 0 Å². The van der Waals surface area contributed by atoms with E-state index in [1.54, 1.807) is 0 Å². The van der Waals surface area contributed by atoms with E-state index >= 15 is 0 Å². The number of aliphatic hydroxyl groups is 1. The molecule has 0 spiro atoms. The molecule has 1 heterocycles. The Morgan fingerprint density at radius 3 is 3.00 bits per heavy atom. The summed E-state index contributed by atoms with van der Waals surface area (Å²) in [7, 11) is 0. The number of rotatable bonds is 1. The molecule has 0 radical (unpaired) electrons. The van der Waals surface area contributed by atoms with E-state index < -0.39 is 0 Å². The van der Waals surface area contributed by atoms with E-state index in [0.717, 1.165) is 11.4 Å². The van der Waals surface area contributed by atoms with Crippen molar-refractivity contribution in [1.82, 2.24) is 4.98 Å². The lowest BCUT2D eigenvalue weighted by molar-refractivity contribution is 0.516. The molecule has 0 aromatic carbocycles. The number of hydrogen-bond acceptors (Lipinski definition) is 2. The van der Waals surface area contributed by atoms with Crippen LogP contribution < -0.4 is 0 Å². The molecule has 0 aliphatic carbocycles. The van der Waals surface area contributed by atoms with E-state index in [9.17, 15) is 0 Å². The van der Waals surface area contributed by atoms with Gasteiger partial charge < -0.3 is 5.11 Å². The molecule has 2 heteroatoms. The van der Waals surface area contributed by atoms with E-state index in [1.165, 1.54) is 0 Å². The van der Waals surface area contributed by atoms with Crippen molar-refractivity contribution >= 4 is 0 Å². The van der Waals surface area contributed by atoms with Gasteiger partial charge in [0.05, 0.1) is 12.1 Å². The first kappa shape index (κ1) is 7.62. The van der Waals surface area contributed by atoms with Gasteiger partial charge in [-0.2, -0.15) is 0 Å². The highest BCUT2D eigenvalue weighted by atomic mass is 16.2. The third kappa shape index (κ3) is 2.30. The van der Waals surface area contributed by atoms with Gasteiger partial charge in [-0.05, 0) is 19.1 Å². The van der Waals surface area contributed by atoms with Crippen LogP contribution in [0.2, 0.25) is 0 Å². The van der Waals surface area contributed by atoms with Crippen molar-refractivity contribution in [3.8, 4) is 12.0 Å². The summed E-state index contributed by atoms with van der Waals surface area (Å²) in [6.45, 7) is 1.93. The van der Waals surface area contributed by atoms with Crippen LogP contribution in [0.25, 0.3) is 0 Å². The molecule has 1 N–H and O–H groups in total. The van der Waals surface area contributed by atoms with Crippen molar-refractivity contribution in [2.45, 2.75) is 13.3 Å². The summed E-state index contributed by atoms with van der Waals surface area (Å²) < 4.78 is 0. The van der Waals surface area contributed by atoms with Crippen LogP contribution in [0.15, 0.2) is 18.2 Å². The predicted octanol–water partition coefficient (Wildman–Crippen LogP) is 1.27. The summed E-state index contributed by atoms with van der Waals surface area (Å²) in [5.74, 6) is 2.53. The Hall–Kier alpha value is -1.49. The molecule has 0 aliphatic rings. The lowest BCUT2D eigenvalue weighted by Crippen LogP contribution is -1.88. The topological polar surface area (TPSA) is 33.1 Å². The third-order valence-corrected chi connectivity index (χ3v) is 1.29. The summed E-state index contributed by atoms with van der Waals surface area (Å²) in [6.07, 6.45) is 2.36. The smallest absolute Gasteiger partial charge is 0.107 e. The standard InChI is InChI=1S/C9H9NO/c1-8-4-2-5-9(10-8)6-3-7-11/h2,4-5,11H,6H2,1H3. The Bertz CT molecular complexity index is 296. The van der Waals surface area contributed by atoms with E-state index in [-0.39, 0.29) is 0 Å². The molecule has 11 heavy (non-hydrogen) atoms. The molecular weight excluding hydrogens is 138 g/mol. The van der Waals surface area contributed by atoms with Crippen LogP contribution >= 0.6 is 0 Å². The molecule has 0 bridgehead atoms. The number of nitrogens with zero attached hydrogens (tertiary/aromatic N) is 1. The van der Waals surface area contributed by atoms with Gasteiger partial charge in [0, 0.05) is 5.69 Å². The third-order valence-electron chi connectivity index (χ3n) is 1.29. The summed E-state index contributed by atoms with van der Waals surface area (Å²) in [4.78, 5) is 4.20. The lowest BCUT2D eigenvalue weighted by atomic mass is 10.2. The molecule has 56 valence electrons. The van der Waals surface area contributed by atoms with E-state index in [4.69, 9.17) is 5.11 Å². The Morgan fingerprint density at radius 2 is 2.36 bits per heavy atom. The van der Waals surface area contributed by atoms with Crippen LogP contribution in [0.3, 0.4) is 0 Å². The fourth-order valence-corrected chi connectivity index (χ4v) is 0.828. The predicted molar refractivity (Wildman–Crippen MR) is 42.4 cm³/mol. The van der Waals surface area contributed by atoms with Crippen molar-refractivity contribution in [3.05, 3.63) is 29.6 Å². The van der Waals surface area contributed by atoms with Crippen molar-refractivity contribution in [1.29, 1.82) is 0 Å². The minimum Gasteiger partial charge on any atom is -0.462 e. The SMILES string of the molecule is Cc1cccc(CC#CO)n1. The molecule has 0 saturated heterocycles. The minimum absolute atomic E-state index is 0.512. The number of hydrogen-bond donors (Lipinski definition) is 1. The molecule has 1 aromatic heterocycles.